The normalized spacial score (nSPS) is 13.2. The summed E-state index contributed by atoms with van der Waals surface area (Å²) >= 11 is 0. The van der Waals surface area contributed by atoms with Gasteiger partial charge in [0.1, 0.15) is 6.61 Å². The first kappa shape index (κ1) is 11.1. The van der Waals surface area contributed by atoms with E-state index in [1.807, 2.05) is 13.0 Å². The maximum atomic E-state index is 10.7. The highest BCUT2D eigenvalue weighted by Gasteiger charge is 2.13. The number of allylic oxidation sites excluding steroid dienone is 1. The molecule has 0 bridgehead atoms. The van der Waals surface area contributed by atoms with Crippen molar-refractivity contribution in [2.45, 2.75) is 19.4 Å². The number of aliphatic hydroxyl groups excluding tert-OH is 2. The number of hydrogen-bond acceptors (Lipinski definition) is 4. The van der Waals surface area contributed by atoms with E-state index in [2.05, 4.69) is 4.74 Å². The summed E-state index contributed by atoms with van der Waals surface area (Å²) in [5.41, 5.74) is 0. The lowest BCUT2D eigenvalue weighted by Gasteiger charge is -2.05. The highest BCUT2D eigenvalue weighted by atomic mass is 16.5. The Morgan fingerprint density at radius 1 is 1.58 bits per heavy atom. The van der Waals surface area contributed by atoms with Crippen molar-refractivity contribution in [2.24, 2.45) is 0 Å². The van der Waals surface area contributed by atoms with E-state index in [9.17, 15) is 4.79 Å². The molecule has 0 fully saturated rings. The SMILES string of the molecule is CCC=CCOC(=O)C(O)CO. The fourth-order valence-corrected chi connectivity index (χ4v) is 0.536. The summed E-state index contributed by atoms with van der Waals surface area (Å²) in [6.45, 7) is 1.50. The summed E-state index contributed by atoms with van der Waals surface area (Å²) < 4.78 is 4.56. The Morgan fingerprint density at radius 3 is 2.75 bits per heavy atom. The van der Waals surface area contributed by atoms with E-state index in [0.717, 1.165) is 6.42 Å². The molecule has 0 aliphatic heterocycles. The molecule has 70 valence electrons. The zero-order chi connectivity index (χ0) is 9.40. The maximum absolute atomic E-state index is 10.7. The summed E-state index contributed by atoms with van der Waals surface area (Å²) in [5.74, 6) is -0.793. The Morgan fingerprint density at radius 2 is 2.25 bits per heavy atom. The zero-order valence-corrected chi connectivity index (χ0v) is 7.06. The molecule has 0 aliphatic rings. The third-order valence-corrected chi connectivity index (χ3v) is 1.17. The van der Waals surface area contributed by atoms with Crippen LogP contribution in [-0.4, -0.2) is 35.5 Å². The molecule has 0 saturated carbocycles. The third kappa shape index (κ3) is 4.87. The van der Waals surface area contributed by atoms with Gasteiger partial charge in [-0.3, -0.25) is 0 Å². The zero-order valence-electron chi connectivity index (χ0n) is 7.06. The summed E-state index contributed by atoms with van der Waals surface area (Å²) in [6.07, 6.45) is 2.99. The van der Waals surface area contributed by atoms with E-state index in [1.165, 1.54) is 0 Å². The summed E-state index contributed by atoms with van der Waals surface area (Å²) in [5, 5.41) is 17.1. The minimum atomic E-state index is -1.42. The predicted molar refractivity (Wildman–Crippen MR) is 43.5 cm³/mol. The van der Waals surface area contributed by atoms with Gasteiger partial charge < -0.3 is 14.9 Å². The minimum absolute atomic E-state index is 0.143. The highest BCUT2D eigenvalue weighted by molar-refractivity contribution is 5.74. The third-order valence-electron chi connectivity index (χ3n) is 1.17. The van der Waals surface area contributed by atoms with Crippen LogP contribution in [0.5, 0.6) is 0 Å². The number of carbonyl (C=O) groups is 1. The number of esters is 1. The average Bonchev–Trinajstić information content (AvgIpc) is 2.10. The van der Waals surface area contributed by atoms with Crippen molar-refractivity contribution in [3.63, 3.8) is 0 Å². The van der Waals surface area contributed by atoms with Crippen LogP contribution in [0.2, 0.25) is 0 Å². The van der Waals surface area contributed by atoms with Crippen LogP contribution >= 0.6 is 0 Å². The lowest BCUT2D eigenvalue weighted by molar-refractivity contribution is -0.154. The molecule has 0 radical (unpaired) electrons. The average molecular weight is 174 g/mol. The minimum Gasteiger partial charge on any atom is -0.459 e. The Hall–Kier alpha value is -0.870. The van der Waals surface area contributed by atoms with Gasteiger partial charge in [0.25, 0.3) is 0 Å². The van der Waals surface area contributed by atoms with Crippen LogP contribution in [0.15, 0.2) is 12.2 Å². The molecule has 0 aliphatic carbocycles. The molecule has 0 aromatic carbocycles. The Kier molecular flexibility index (Phi) is 6.32. The van der Waals surface area contributed by atoms with Crippen LogP contribution in [0.25, 0.3) is 0 Å². The fraction of sp³-hybridized carbons (Fsp3) is 0.625. The van der Waals surface area contributed by atoms with Gasteiger partial charge in [-0.1, -0.05) is 19.1 Å². The second kappa shape index (κ2) is 6.82. The van der Waals surface area contributed by atoms with Gasteiger partial charge in [0.15, 0.2) is 6.10 Å². The second-order valence-electron chi connectivity index (χ2n) is 2.21. The molecule has 0 rings (SSSR count). The summed E-state index contributed by atoms with van der Waals surface area (Å²) in [6, 6.07) is 0. The van der Waals surface area contributed by atoms with Gasteiger partial charge in [0.05, 0.1) is 6.61 Å². The van der Waals surface area contributed by atoms with Gasteiger partial charge in [-0.05, 0) is 6.42 Å². The summed E-state index contributed by atoms with van der Waals surface area (Å²) in [7, 11) is 0. The van der Waals surface area contributed by atoms with Crippen molar-refractivity contribution in [1.29, 1.82) is 0 Å². The number of aliphatic hydroxyl groups is 2. The van der Waals surface area contributed by atoms with Crippen molar-refractivity contribution in [2.75, 3.05) is 13.2 Å². The largest absolute Gasteiger partial charge is 0.459 e. The van der Waals surface area contributed by atoms with Crippen LogP contribution in [-0.2, 0) is 9.53 Å². The van der Waals surface area contributed by atoms with Crippen molar-refractivity contribution >= 4 is 5.97 Å². The topological polar surface area (TPSA) is 66.8 Å². The molecule has 0 aromatic rings. The number of ether oxygens (including phenoxy) is 1. The smallest absolute Gasteiger partial charge is 0.337 e. The van der Waals surface area contributed by atoms with E-state index < -0.39 is 18.7 Å². The Bertz CT molecular complexity index is 153. The molecule has 0 heterocycles. The molecule has 12 heavy (non-hydrogen) atoms. The maximum Gasteiger partial charge on any atom is 0.337 e. The Balaban J connectivity index is 3.50. The molecule has 2 N–H and O–H groups in total. The molecule has 0 aromatic heterocycles. The van der Waals surface area contributed by atoms with Crippen LogP contribution < -0.4 is 0 Å². The molecule has 1 unspecified atom stereocenters. The molecular formula is C8H14O4. The van der Waals surface area contributed by atoms with Crippen LogP contribution in [0, 0.1) is 0 Å². The predicted octanol–water partition coefficient (Wildman–Crippen LogP) is -0.151. The highest BCUT2D eigenvalue weighted by Crippen LogP contribution is 1.88. The summed E-state index contributed by atoms with van der Waals surface area (Å²) in [4.78, 5) is 10.7. The van der Waals surface area contributed by atoms with Crippen LogP contribution in [0.1, 0.15) is 13.3 Å². The molecular weight excluding hydrogens is 160 g/mol. The molecule has 0 amide bonds. The lowest BCUT2D eigenvalue weighted by Crippen LogP contribution is -2.26. The van der Waals surface area contributed by atoms with Crippen molar-refractivity contribution in [3.05, 3.63) is 12.2 Å². The van der Waals surface area contributed by atoms with Gasteiger partial charge in [0.2, 0.25) is 0 Å². The van der Waals surface area contributed by atoms with Gasteiger partial charge in [0, 0.05) is 0 Å². The van der Waals surface area contributed by atoms with E-state index in [4.69, 9.17) is 10.2 Å². The van der Waals surface area contributed by atoms with Crippen LogP contribution in [0.3, 0.4) is 0 Å². The van der Waals surface area contributed by atoms with Crippen molar-refractivity contribution in [1.82, 2.24) is 0 Å². The molecule has 4 heteroatoms. The van der Waals surface area contributed by atoms with Crippen molar-refractivity contribution in [3.8, 4) is 0 Å². The lowest BCUT2D eigenvalue weighted by atomic mass is 10.4. The first-order valence-corrected chi connectivity index (χ1v) is 3.83. The molecule has 0 saturated heterocycles. The van der Waals surface area contributed by atoms with Crippen LogP contribution in [0.4, 0.5) is 0 Å². The van der Waals surface area contributed by atoms with Gasteiger partial charge in [-0.15, -0.1) is 0 Å². The fourth-order valence-electron chi connectivity index (χ4n) is 0.536. The van der Waals surface area contributed by atoms with E-state index in [0.29, 0.717) is 0 Å². The van der Waals surface area contributed by atoms with Gasteiger partial charge >= 0.3 is 5.97 Å². The number of rotatable bonds is 5. The number of hydrogen-bond donors (Lipinski definition) is 2. The quantitative estimate of drug-likeness (QED) is 0.449. The number of carbonyl (C=O) groups excluding carboxylic acids is 1. The molecule has 4 nitrogen and oxygen atoms in total. The molecule has 0 spiro atoms. The Labute approximate surface area is 71.5 Å². The van der Waals surface area contributed by atoms with E-state index >= 15 is 0 Å². The van der Waals surface area contributed by atoms with Gasteiger partial charge in [-0.25, -0.2) is 4.79 Å². The first-order valence-electron chi connectivity index (χ1n) is 3.83. The van der Waals surface area contributed by atoms with E-state index in [1.54, 1.807) is 6.08 Å². The standard InChI is InChI=1S/C8H14O4/c1-2-3-4-5-12-8(11)7(10)6-9/h3-4,7,9-10H,2,5-6H2,1H3. The van der Waals surface area contributed by atoms with E-state index in [-0.39, 0.29) is 6.61 Å². The molecule has 1 atom stereocenters. The van der Waals surface area contributed by atoms with Gasteiger partial charge in [-0.2, -0.15) is 0 Å². The monoisotopic (exact) mass is 174 g/mol. The first-order chi connectivity index (χ1) is 5.72. The second-order valence-corrected chi connectivity index (χ2v) is 2.21. The van der Waals surface area contributed by atoms with Crippen molar-refractivity contribution < 1.29 is 19.7 Å².